The number of benzene rings is 2. The number of hydrogen-bond donors (Lipinski definition) is 2. The molecule has 5 rings (SSSR count). The van der Waals surface area contributed by atoms with Gasteiger partial charge >= 0.3 is 0 Å². The minimum atomic E-state index is 0.569. The Kier molecular flexibility index (Phi) is 6.19. The van der Waals surface area contributed by atoms with Crippen molar-refractivity contribution in [2.24, 2.45) is 0 Å². The van der Waals surface area contributed by atoms with E-state index < -0.39 is 0 Å². The minimum absolute atomic E-state index is 0.569. The zero-order valence-corrected chi connectivity index (χ0v) is 20.1. The van der Waals surface area contributed by atoms with E-state index >= 15 is 0 Å². The lowest BCUT2D eigenvalue weighted by Gasteiger charge is -2.18. The van der Waals surface area contributed by atoms with Crippen molar-refractivity contribution in [2.45, 2.75) is 32.6 Å². The van der Waals surface area contributed by atoms with Crippen LogP contribution in [-0.2, 0) is 12.8 Å². The molecule has 0 saturated heterocycles. The third-order valence-corrected chi connectivity index (χ3v) is 6.71. The van der Waals surface area contributed by atoms with Gasteiger partial charge in [-0.25, -0.2) is 4.98 Å². The summed E-state index contributed by atoms with van der Waals surface area (Å²) in [6, 6.07) is 21.2. The third kappa shape index (κ3) is 4.73. The third-order valence-electron chi connectivity index (χ3n) is 6.71. The van der Waals surface area contributed by atoms with Gasteiger partial charge in [0.2, 0.25) is 0 Å². The Hall–Kier alpha value is -4.18. The molecule has 0 saturated carbocycles. The van der Waals surface area contributed by atoms with Gasteiger partial charge in [0, 0.05) is 34.9 Å². The van der Waals surface area contributed by atoms with E-state index in [-0.39, 0.29) is 0 Å². The highest BCUT2D eigenvalue weighted by Crippen LogP contribution is 2.33. The van der Waals surface area contributed by atoms with Gasteiger partial charge in [0.15, 0.2) is 0 Å². The average Bonchev–Trinajstić information content (AvgIpc) is 2.87. The van der Waals surface area contributed by atoms with Gasteiger partial charge in [-0.15, -0.1) is 0 Å². The summed E-state index contributed by atoms with van der Waals surface area (Å²) in [6.07, 6.45) is 8.06. The maximum Gasteiger partial charge on any atom is 0.0953 e. The molecular formula is C31H30N4. The van der Waals surface area contributed by atoms with E-state index in [9.17, 15) is 0 Å². The second-order valence-electron chi connectivity index (χ2n) is 9.18. The number of allylic oxidation sites excluding steroid dienone is 1. The van der Waals surface area contributed by atoms with Crippen LogP contribution in [0.4, 0.5) is 11.4 Å². The van der Waals surface area contributed by atoms with Crippen LogP contribution < -0.4 is 11.1 Å². The topological polar surface area (TPSA) is 63.8 Å². The highest BCUT2D eigenvalue weighted by Gasteiger charge is 2.14. The van der Waals surface area contributed by atoms with Crippen molar-refractivity contribution >= 4 is 16.9 Å². The first kappa shape index (κ1) is 22.6. The first-order chi connectivity index (χ1) is 17.0. The Morgan fingerprint density at radius 3 is 2.49 bits per heavy atom. The van der Waals surface area contributed by atoms with Crippen LogP contribution in [-0.4, -0.2) is 9.97 Å². The summed E-state index contributed by atoms with van der Waals surface area (Å²) >= 11 is 0. The molecule has 2 aromatic carbocycles. The van der Waals surface area contributed by atoms with Crippen molar-refractivity contribution in [1.82, 2.24) is 9.97 Å². The second kappa shape index (κ2) is 9.59. The van der Waals surface area contributed by atoms with E-state index in [2.05, 4.69) is 78.9 Å². The van der Waals surface area contributed by atoms with E-state index in [1.165, 1.54) is 22.3 Å². The van der Waals surface area contributed by atoms with Gasteiger partial charge in [0.25, 0.3) is 0 Å². The van der Waals surface area contributed by atoms with Crippen LogP contribution in [0.15, 0.2) is 91.9 Å². The van der Waals surface area contributed by atoms with Crippen molar-refractivity contribution in [3.63, 3.8) is 0 Å². The highest BCUT2D eigenvalue weighted by atomic mass is 14.9. The molecule has 3 heterocycles. The number of nitrogens with two attached hydrogens (primary N) is 1. The monoisotopic (exact) mass is 458 g/mol. The van der Waals surface area contributed by atoms with Gasteiger partial charge in [-0.3, -0.25) is 4.98 Å². The number of aryl methyl sites for hydroxylation is 2. The fourth-order valence-electron chi connectivity index (χ4n) is 4.65. The molecule has 4 aromatic rings. The summed E-state index contributed by atoms with van der Waals surface area (Å²) in [5.41, 5.74) is 17.8. The molecule has 0 atom stereocenters. The van der Waals surface area contributed by atoms with Crippen LogP contribution in [0, 0.1) is 6.92 Å². The zero-order chi connectivity index (χ0) is 24.4. The molecule has 0 spiro atoms. The lowest BCUT2D eigenvalue weighted by atomic mass is 9.95. The van der Waals surface area contributed by atoms with Gasteiger partial charge in [0.1, 0.15) is 0 Å². The Bertz CT molecular complexity index is 1430. The van der Waals surface area contributed by atoms with E-state index in [1.807, 2.05) is 24.5 Å². The summed E-state index contributed by atoms with van der Waals surface area (Å²) in [7, 11) is 0. The molecule has 174 valence electrons. The van der Waals surface area contributed by atoms with Crippen molar-refractivity contribution in [3.05, 3.63) is 114 Å². The summed E-state index contributed by atoms with van der Waals surface area (Å²) in [5.74, 6) is 0. The fraction of sp³-hybridized carbons (Fsp3) is 0.161. The maximum absolute atomic E-state index is 6.32. The van der Waals surface area contributed by atoms with E-state index in [0.717, 1.165) is 48.2 Å². The van der Waals surface area contributed by atoms with Crippen LogP contribution >= 0.6 is 0 Å². The van der Waals surface area contributed by atoms with Crippen LogP contribution in [0.5, 0.6) is 0 Å². The van der Waals surface area contributed by atoms with Gasteiger partial charge in [-0.2, -0.15) is 0 Å². The van der Waals surface area contributed by atoms with Crippen LogP contribution in [0.2, 0.25) is 0 Å². The predicted octanol–water partition coefficient (Wildman–Crippen LogP) is 7.22. The molecule has 2 aromatic heterocycles. The molecule has 3 N–H and O–H groups in total. The number of nitrogen functional groups attached to an aromatic ring is 1. The average molecular weight is 459 g/mol. The summed E-state index contributed by atoms with van der Waals surface area (Å²) in [4.78, 5) is 9.34. The number of nitrogens with one attached hydrogen (secondary N) is 1. The lowest BCUT2D eigenvalue weighted by molar-refractivity contribution is 0.733. The molecular weight excluding hydrogens is 428 g/mol. The number of aromatic nitrogens is 2. The first-order valence-corrected chi connectivity index (χ1v) is 12.0. The molecule has 8 bridgehead atoms. The summed E-state index contributed by atoms with van der Waals surface area (Å²) < 4.78 is 0. The van der Waals surface area contributed by atoms with Gasteiger partial charge in [-0.1, -0.05) is 49.6 Å². The molecule has 0 radical (unpaired) electrons. The number of rotatable bonds is 0. The fourth-order valence-corrected chi connectivity index (χ4v) is 4.65. The van der Waals surface area contributed by atoms with Crippen LogP contribution in [0.25, 0.3) is 28.0 Å². The molecule has 35 heavy (non-hydrogen) atoms. The number of hydrogen-bond acceptors (Lipinski definition) is 4. The zero-order valence-electron chi connectivity index (χ0n) is 20.1. The van der Waals surface area contributed by atoms with E-state index in [4.69, 9.17) is 10.7 Å². The van der Waals surface area contributed by atoms with Crippen LogP contribution in [0.3, 0.4) is 0 Å². The lowest BCUT2D eigenvalue weighted by Crippen LogP contribution is -2.06. The number of pyridine rings is 2. The normalized spacial score (nSPS) is 13.9. The summed E-state index contributed by atoms with van der Waals surface area (Å²) in [6.45, 7) is 10.7. The number of anilines is 2. The molecule has 1 aliphatic heterocycles. The van der Waals surface area contributed by atoms with E-state index in [1.54, 1.807) is 0 Å². The van der Waals surface area contributed by atoms with Gasteiger partial charge in [-0.05, 0) is 84.7 Å². The SMILES string of the molecule is C=C1Nc2cccc(c2C)-c2cccc(c2)CCCCc2cncc(c2)-c2ccc(N)c(n2)C1=C. The smallest absolute Gasteiger partial charge is 0.0953 e. The van der Waals surface area contributed by atoms with Gasteiger partial charge in [0.05, 0.1) is 17.1 Å². The molecule has 0 amide bonds. The molecule has 0 unspecified atom stereocenters. The Morgan fingerprint density at radius 2 is 1.63 bits per heavy atom. The van der Waals surface area contributed by atoms with Crippen molar-refractivity contribution in [3.8, 4) is 22.4 Å². The molecule has 4 heteroatoms. The quantitative estimate of drug-likeness (QED) is 0.292. The number of nitrogens with zero attached hydrogens (tertiary/aromatic N) is 2. The van der Waals surface area contributed by atoms with Crippen molar-refractivity contribution in [1.29, 1.82) is 0 Å². The Balaban J connectivity index is 1.59. The largest absolute Gasteiger partial charge is 0.397 e. The molecule has 0 aliphatic carbocycles. The second-order valence-corrected chi connectivity index (χ2v) is 9.18. The Labute approximate surface area is 207 Å². The minimum Gasteiger partial charge on any atom is -0.397 e. The highest BCUT2D eigenvalue weighted by molar-refractivity contribution is 5.86. The van der Waals surface area contributed by atoms with Gasteiger partial charge < -0.3 is 11.1 Å². The molecule has 4 nitrogen and oxygen atoms in total. The van der Waals surface area contributed by atoms with Crippen molar-refractivity contribution in [2.75, 3.05) is 11.1 Å². The van der Waals surface area contributed by atoms with Crippen molar-refractivity contribution < 1.29 is 0 Å². The summed E-state index contributed by atoms with van der Waals surface area (Å²) in [5, 5.41) is 3.46. The first-order valence-electron chi connectivity index (χ1n) is 12.0. The number of fused-ring (bicyclic) bond motifs is 10. The predicted molar refractivity (Wildman–Crippen MR) is 147 cm³/mol. The standard InChI is InChI=1S/C31H30N4/c1-20-22(3)34-29-13-7-12-27(21(29)2)25-11-6-10-23(16-25)8-4-5-9-24-17-26(19-33-18-24)30-15-14-28(32)31(20)35-30/h6-7,10-19,34H,1,3-5,8-9,32H2,2H3. The Morgan fingerprint density at radius 1 is 0.857 bits per heavy atom. The molecule has 0 fully saturated rings. The van der Waals surface area contributed by atoms with Crippen LogP contribution in [0.1, 0.15) is 35.2 Å². The molecule has 1 aliphatic rings. The maximum atomic E-state index is 6.32. The van der Waals surface area contributed by atoms with E-state index in [0.29, 0.717) is 22.7 Å².